The Hall–Kier alpha value is -2.89. The Morgan fingerprint density at radius 3 is 2.77 bits per heavy atom. The van der Waals surface area contributed by atoms with Crippen molar-refractivity contribution >= 4 is 17.1 Å². The predicted octanol–water partition coefficient (Wildman–Crippen LogP) is 3.35. The van der Waals surface area contributed by atoms with Crippen molar-refractivity contribution in [2.75, 3.05) is 7.05 Å². The van der Waals surface area contributed by atoms with Crippen molar-refractivity contribution in [1.29, 1.82) is 0 Å². The van der Waals surface area contributed by atoms with E-state index < -0.39 is 0 Å². The summed E-state index contributed by atoms with van der Waals surface area (Å²) in [7, 11) is 1.80. The lowest BCUT2D eigenvalue weighted by Gasteiger charge is -2.24. The number of fused-ring (bicyclic) bond motifs is 1. The molecule has 0 saturated heterocycles. The summed E-state index contributed by atoms with van der Waals surface area (Å²) in [6.07, 6.45) is 2.49. The molecular formula is C20H25N5O. The summed E-state index contributed by atoms with van der Waals surface area (Å²) in [5.74, 6) is 0.754. The van der Waals surface area contributed by atoms with Crippen LogP contribution in [0.15, 0.2) is 36.5 Å². The zero-order valence-corrected chi connectivity index (χ0v) is 15.7. The summed E-state index contributed by atoms with van der Waals surface area (Å²) in [6.45, 7) is 6.53. The van der Waals surface area contributed by atoms with E-state index in [1.807, 2.05) is 25.1 Å². The van der Waals surface area contributed by atoms with E-state index >= 15 is 0 Å². The quantitative estimate of drug-likeness (QED) is 0.740. The van der Waals surface area contributed by atoms with Crippen LogP contribution in [-0.2, 0) is 13.0 Å². The van der Waals surface area contributed by atoms with Gasteiger partial charge in [0.05, 0.1) is 17.6 Å². The monoisotopic (exact) mass is 351 g/mol. The third-order valence-corrected chi connectivity index (χ3v) is 4.77. The van der Waals surface area contributed by atoms with Gasteiger partial charge >= 0.3 is 6.03 Å². The number of nitrogens with one attached hydrogen (secondary N) is 2. The van der Waals surface area contributed by atoms with Crippen LogP contribution in [0.5, 0.6) is 0 Å². The molecule has 26 heavy (non-hydrogen) atoms. The highest BCUT2D eigenvalue weighted by atomic mass is 16.2. The van der Waals surface area contributed by atoms with Crippen molar-refractivity contribution in [2.24, 2.45) is 0 Å². The van der Waals surface area contributed by atoms with Crippen LogP contribution >= 0.6 is 0 Å². The van der Waals surface area contributed by atoms with Crippen LogP contribution < -0.4 is 5.32 Å². The average Bonchev–Trinajstić information content (AvgIpc) is 3.01. The number of likely N-dealkylation sites (N-methyl/N-ethyl adjacent to an activating group) is 1. The van der Waals surface area contributed by atoms with Gasteiger partial charge in [-0.2, -0.15) is 0 Å². The number of H-pyrrole nitrogens is 1. The molecule has 0 aliphatic heterocycles. The number of benzene rings is 1. The fourth-order valence-electron chi connectivity index (χ4n) is 2.85. The maximum Gasteiger partial charge on any atom is 0.317 e. The minimum absolute atomic E-state index is 0.0471. The van der Waals surface area contributed by atoms with Crippen LogP contribution in [-0.4, -0.2) is 39.0 Å². The first-order valence-corrected chi connectivity index (χ1v) is 8.80. The van der Waals surface area contributed by atoms with E-state index in [0.717, 1.165) is 22.6 Å². The Bertz CT molecular complexity index is 864. The lowest BCUT2D eigenvalue weighted by molar-refractivity contribution is 0.193. The van der Waals surface area contributed by atoms with Crippen molar-refractivity contribution in [1.82, 2.24) is 25.2 Å². The van der Waals surface area contributed by atoms with Crippen molar-refractivity contribution < 1.29 is 4.79 Å². The second kappa shape index (κ2) is 7.56. The summed E-state index contributed by atoms with van der Waals surface area (Å²) in [5, 5.41) is 2.93. The number of aromatic amines is 1. The van der Waals surface area contributed by atoms with Gasteiger partial charge in [0, 0.05) is 31.4 Å². The molecule has 2 aromatic heterocycles. The molecule has 1 atom stereocenters. The molecule has 0 fully saturated rings. The highest BCUT2D eigenvalue weighted by molar-refractivity contribution is 5.77. The number of rotatable bonds is 5. The minimum Gasteiger partial charge on any atom is -0.340 e. The van der Waals surface area contributed by atoms with Crippen molar-refractivity contribution in [2.45, 2.75) is 39.8 Å². The first-order valence-electron chi connectivity index (χ1n) is 8.80. The molecule has 136 valence electrons. The maximum atomic E-state index is 12.4. The minimum atomic E-state index is -0.124. The highest BCUT2D eigenvalue weighted by Gasteiger charge is 2.17. The van der Waals surface area contributed by atoms with Gasteiger partial charge in [0.2, 0.25) is 0 Å². The molecular weight excluding hydrogens is 326 g/mol. The SMILES string of the molecule is Cc1cc2nc(CNC(=O)N(C)[C@H](C)Cc3ccccn3)[nH]c2cc1C. The number of aromatic nitrogens is 3. The molecule has 3 aromatic rings. The van der Waals surface area contributed by atoms with Gasteiger partial charge in [-0.05, 0) is 56.2 Å². The molecule has 0 unspecified atom stereocenters. The molecule has 3 rings (SSSR count). The second-order valence-corrected chi connectivity index (χ2v) is 6.78. The number of carbonyl (C=O) groups is 1. The van der Waals surface area contributed by atoms with Gasteiger partial charge in [-0.15, -0.1) is 0 Å². The summed E-state index contributed by atoms with van der Waals surface area (Å²) < 4.78 is 0. The summed E-state index contributed by atoms with van der Waals surface area (Å²) >= 11 is 0. The number of nitrogens with zero attached hydrogens (tertiary/aromatic N) is 3. The van der Waals surface area contributed by atoms with Crippen LogP contribution in [0.25, 0.3) is 11.0 Å². The van der Waals surface area contributed by atoms with Crippen molar-refractivity contribution in [3.8, 4) is 0 Å². The van der Waals surface area contributed by atoms with Crippen molar-refractivity contribution in [3.05, 3.63) is 59.2 Å². The lowest BCUT2D eigenvalue weighted by atomic mass is 10.1. The van der Waals surface area contributed by atoms with Gasteiger partial charge in [0.15, 0.2) is 0 Å². The van der Waals surface area contributed by atoms with E-state index in [-0.39, 0.29) is 12.1 Å². The Morgan fingerprint density at radius 2 is 2.04 bits per heavy atom. The number of pyridine rings is 1. The topological polar surface area (TPSA) is 73.9 Å². The number of hydrogen-bond acceptors (Lipinski definition) is 3. The van der Waals surface area contributed by atoms with E-state index in [4.69, 9.17) is 0 Å². The fraction of sp³-hybridized carbons (Fsp3) is 0.350. The van der Waals surface area contributed by atoms with Gasteiger partial charge in [0.25, 0.3) is 0 Å². The van der Waals surface area contributed by atoms with Gasteiger partial charge in [-0.1, -0.05) is 6.07 Å². The Labute approximate surface area is 153 Å². The highest BCUT2D eigenvalue weighted by Crippen LogP contribution is 2.17. The molecule has 2 heterocycles. The zero-order valence-electron chi connectivity index (χ0n) is 15.7. The van der Waals surface area contributed by atoms with Crippen LogP contribution in [0.2, 0.25) is 0 Å². The number of hydrogen-bond donors (Lipinski definition) is 2. The molecule has 0 aliphatic rings. The van der Waals surface area contributed by atoms with Gasteiger partial charge < -0.3 is 15.2 Å². The van der Waals surface area contributed by atoms with E-state index in [1.165, 1.54) is 11.1 Å². The molecule has 1 aromatic carbocycles. The lowest BCUT2D eigenvalue weighted by Crippen LogP contribution is -2.43. The number of amides is 2. The third kappa shape index (κ3) is 4.02. The van der Waals surface area contributed by atoms with Gasteiger partial charge in [-0.3, -0.25) is 4.98 Å². The molecule has 6 nitrogen and oxygen atoms in total. The molecule has 0 radical (unpaired) electrons. The number of aryl methyl sites for hydroxylation is 2. The first kappa shape index (κ1) is 17.9. The Morgan fingerprint density at radius 1 is 1.27 bits per heavy atom. The molecule has 0 bridgehead atoms. The van der Waals surface area contributed by atoms with Gasteiger partial charge in [0.1, 0.15) is 5.82 Å². The standard InChI is InChI=1S/C20H25N5O/c1-13-9-17-18(10-14(13)2)24-19(23-17)12-22-20(26)25(4)15(3)11-16-7-5-6-8-21-16/h5-10,15H,11-12H2,1-4H3,(H,22,26)(H,23,24)/t15-/m1/s1. The first-order chi connectivity index (χ1) is 12.4. The zero-order chi connectivity index (χ0) is 18.7. The molecule has 2 N–H and O–H groups in total. The number of imidazole rings is 1. The van der Waals surface area contributed by atoms with Crippen molar-refractivity contribution in [3.63, 3.8) is 0 Å². The predicted molar refractivity (Wildman–Crippen MR) is 103 cm³/mol. The molecule has 0 aliphatic carbocycles. The summed E-state index contributed by atoms with van der Waals surface area (Å²) in [6, 6.07) is 9.89. The van der Waals surface area contributed by atoms with Crippen LogP contribution in [0.1, 0.15) is 29.6 Å². The number of urea groups is 1. The summed E-state index contributed by atoms with van der Waals surface area (Å²) in [5.41, 5.74) is 5.33. The fourth-order valence-corrected chi connectivity index (χ4v) is 2.85. The van der Waals surface area contributed by atoms with Crippen LogP contribution in [0.4, 0.5) is 4.79 Å². The van der Waals surface area contributed by atoms with E-state index in [0.29, 0.717) is 13.0 Å². The second-order valence-electron chi connectivity index (χ2n) is 6.78. The smallest absolute Gasteiger partial charge is 0.317 e. The normalized spacial score (nSPS) is 12.2. The van der Waals surface area contributed by atoms with Gasteiger partial charge in [-0.25, -0.2) is 9.78 Å². The van der Waals surface area contributed by atoms with Crippen LogP contribution in [0, 0.1) is 13.8 Å². The average molecular weight is 351 g/mol. The molecule has 0 saturated carbocycles. The van der Waals surface area contributed by atoms with E-state index in [9.17, 15) is 4.79 Å². The summed E-state index contributed by atoms with van der Waals surface area (Å²) in [4.78, 5) is 26.3. The Kier molecular flexibility index (Phi) is 5.21. The third-order valence-electron chi connectivity index (χ3n) is 4.77. The van der Waals surface area contributed by atoms with Crippen LogP contribution in [0.3, 0.4) is 0 Å². The molecule has 2 amide bonds. The Balaban J connectivity index is 1.59. The van der Waals surface area contributed by atoms with E-state index in [2.05, 4.69) is 46.2 Å². The number of carbonyl (C=O) groups excluding carboxylic acids is 1. The molecule has 0 spiro atoms. The largest absolute Gasteiger partial charge is 0.340 e. The molecule has 6 heteroatoms. The van der Waals surface area contributed by atoms with E-state index in [1.54, 1.807) is 18.1 Å². The maximum absolute atomic E-state index is 12.4.